The number of hydrogen-bond donors (Lipinski definition) is 2. The highest BCUT2D eigenvalue weighted by atomic mass is 79.9. The van der Waals surface area contributed by atoms with Gasteiger partial charge in [0, 0.05) is 0 Å². The molecule has 0 spiro atoms. The van der Waals surface area contributed by atoms with Gasteiger partial charge in [0.15, 0.2) is 24.8 Å². The molecule has 4 rings (SSSR count). The molecular weight excluding hydrogens is 616 g/mol. The molecule has 0 aliphatic carbocycles. The van der Waals surface area contributed by atoms with Crippen molar-refractivity contribution in [2.75, 3.05) is 0 Å². The maximum absolute atomic E-state index is 12.8. The average Bonchev–Trinajstić information content (AvgIpc) is 2.90. The number of hydrogen-bond acceptors (Lipinski definition) is 9. The number of aliphatic hydroxyl groups excluding tert-OH is 2. The summed E-state index contributed by atoms with van der Waals surface area (Å²) in [6.07, 6.45) is -7.68. The van der Waals surface area contributed by atoms with Crippen LogP contribution in [0.1, 0.15) is 34.6 Å². The van der Waals surface area contributed by atoms with Crippen molar-refractivity contribution in [2.24, 2.45) is 0 Å². The Hall–Kier alpha value is -1.86. The third-order valence-electron chi connectivity index (χ3n) is 6.26. The highest BCUT2D eigenvalue weighted by molar-refractivity contribution is 9.09. The van der Waals surface area contributed by atoms with Crippen LogP contribution in [0, 0.1) is 0 Å². The fourth-order valence-corrected chi connectivity index (χ4v) is 5.34. The topological polar surface area (TPSA) is 121 Å². The smallest absolute Gasteiger partial charge is 0.338 e. The van der Waals surface area contributed by atoms with Crippen LogP contribution in [0.15, 0.2) is 60.7 Å². The number of halogens is 2. The summed E-state index contributed by atoms with van der Waals surface area (Å²) in [5.41, 5.74) is 0.701. The van der Waals surface area contributed by atoms with Crippen molar-refractivity contribution in [1.29, 1.82) is 0 Å². The number of benzene rings is 2. The molecular formula is C26H28Br2O9. The van der Waals surface area contributed by atoms with E-state index in [4.69, 9.17) is 23.7 Å². The molecule has 0 aromatic heterocycles. The molecule has 2 fully saturated rings. The molecule has 9 nitrogen and oxygen atoms in total. The standard InChI is InChI=1S/C26H28Br2O9/c1-13-20(35-23(30)15-9-5-3-6-10-15)19(29)17(27)26(34-13)37-22-18(28)25(32)33-14(2)21(22)36-24(31)16-11-7-4-8-12-16/h3-14,17-22,25-26,29,32H,1-2H3/t13-,14-,17-,18-,19-,20-,21-,22-,25-,26+/m1/s1. The Morgan fingerprint density at radius 1 is 0.730 bits per heavy atom. The van der Waals surface area contributed by atoms with Gasteiger partial charge in [-0.05, 0) is 38.1 Å². The second-order valence-electron chi connectivity index (χ2n) is 8.89. The number of alkyl halides is 2. The molecule has 0 radical (unpaired) electrons. The van der Waals surface area contributed by atoms with Crippen LogP contribution in [-0.2, 0) is 23.7 Å². The number of rotatable bonds is 6. The van der Waals surface area contributed by atoms with Crippen LogP contribution >= 0.6 is 31.9 Å². The van der Waals surface area contributed by atoms with E-state index in [2.05, 4.69) is 31.9 Å². The summed E-state index contributed by atoms with van der Waals surface area (Å²) >= 11 is 6.80. The quantitative estimate of drug-likeness (QED) is 0.361. The van der Waals surface area contributed by atoms with E-state index < -0.39 is 70.8 Å². The van der Waals surface area contributed by atoms with Crippen molar-refractivity contribution in [3.63, 3.8) is 0 Å². The third kappa shape index (κ3) is 6.42. The summed E-state index contributed by atoms with van der Waals surface area (Å²) in [5, 5.41) is 21.4. The molecule has 10 atom stereocenters. The Balaban J connectivity index is 1.47. The predicted molar refractivity (Wildman–Crippen MR) is 138 cm³/mol. The van der Waals surface area contributed by atoms with Crippen molar-refractivity contribution >= 4 is 43.8 Å². The van der Waals surface area contributed by atoms with Gasteiger partial charge in [0.2, 0.25) is 0 Å². The van der Waals surface area contributed by atoms with Crippen molar-refractivity contribution in [3.8, 4) is 0 Å². The van der Waals surface area contributed by atoms with E-state index in [1.54, 1.807) is 74.5 Å². The molecule has 2 aromatic carbocycles. The summed E-state index contributed by atoms with van der Waals surface area (Å²) in [5.74, 6) is -1.17. The molecule has 37 heavy (non-hydrogen) atoms. The minimum atomic E-state index is -1.24. The molecule has 200 valence electrons. The van der Waals surface area contributed by atoms with Crippen LogP contribution < -0.4 is 0 Å². The van der Waals surface area contributed by atoms with E-state index >= 15 is 0 Å². The van der Waals surface area contributed by atoms with Crippen LogP contribution in [0.2, 0.25) is 0 Å². The Kier molecular flexibility index (Phi) is 9.38. The van der Waals surface area contributed by atoms with Crippen LogP contribution in [-0.4, -0.2) is 81.0 Å². The number of aliphatic hydroxyl groups is 2. The first-order valence-corrected chi connectivity index (χ1v) is 13.6. The summed E-state index contributed by atoms with van der Waals surface area (Å²) in [7, 11) is 0. The predicted octanol–water partition coefficient (Wildman–Crippen LogP) is 3.19. The molecule has 2 saturated heterocycles. The Morgan fingerprint density at radius 3 is 1.76 bits per heavy atom. The zero-order chi connectivity index (χ0) is 26.7. The normalized spacial score (nSPS) is 35.9. The van der Waals surface area contributed by atoms with Crippen molar-refractivity contribution in [1.82, 2.24) is 0 Å². The van der Waals surface area contributed by atoms with Crippen molar-refractivity contribution in [3.05, 3.63) is 71.8 Å². The van der Waals surface area contributed by atoms with Gasteiger partial charge in [0.1, 0.15) is 12.2 Å². The monoisotopic (exact) mass is 642 g/mol. The molecule has 0 saturated carbocycles. The van der Waals surface area contributed by atoms with E-state index in [0.29, 0.717) is 11.1 Å². The summed E-state index contributed by atoms with van der Waals surface area (Å²) in [6, 6.07) is 16.9. The van der Waals surface area contributed by atoms with Gasteiger partial charge in [-0.15, -0.1) is 0 Å². The Labute approximate surface area is 231 Å². The fraction of sp³-hybridized carbons (Fsp3) is 0.462. The highest BCUT2D eigenvalue weighted by Gasteiger charge is 2.51. The third-order valence-corrected chi connectivity index (χ3v) is 8.20. The molecule has 2 aliphatic rings. The fourth-order valence-electron chi connectivity index (χ4n) is 4.24. The highest BCUT2D eigenvalue weighted by Crippen LogP contribution is 2.35. The van der Waals surface area contributed by atoms with Crippen LogP contribution in [0.25, 0.3) is 0 Å². The van der Waals surface area contributed by atoms with Crippen molar-refractivity contribution in [2.45, 2.75) is 72.7 Å². The first-order valence-electron chi connectivity index (χ1n) is 11.8. The maximum Gasteiger partial charge on any atom is 0.338 e. The number of esters is 2. The Morgan fingerprint density at radius 2 is 1.22 bits per heavy atom. The van der Waals surface area contributed by atoms with Crippen molar-refractivity contribution < 1.29 is 43.5 Å². The molecule has 2 heterocycles. The van der Waals surface area contributed by atoms with Crippen LogP contribution in [0.4, 0.5) is 0 Å². The van der Waals surface area contributed by atoms with Gasteiger partial charge in [-0.2, -0.15) is 0 Å². The lowest BCUT2D eigenvalue weighted by Crippen LogP contribution is -2.62. The molecule has 0 unspecified atom stereocenters. The lowest BCUT2D eigenvalue weighted by atomic mass is 9.99. The molecule has 0 bridgehead atoms. The van der Waals surface area contributed by atoms with E-state index in [1.807, 2.05) is 0 Å². The van der Waals surface area contributed by atoms with Gasteiger partial charge in [-0.25, -0.2) is 9.59 Å². The number of carbonyl (C=O) groups excluding carboxylic acids is 2. The lowest BCUT2D eigenvalue weighted by molar-refractivity contribution is -0.293. The van der Waals surface area contributed by atoms with Gasteiger partial charge in [0.05, 0.1) is 33.0 Å². The number of ether oxygens (including phenoxy) is 5. The van der Waals surface area contributed by atoms with Gasteiger partial charge in [0.25, 0.3) is 0 Å². The minimum Gasteiger partial charge on any atom is -0.453 e. The van der Waals surface area contributed by atoms with Gasteiger partial charge >= 0.3 is 11.9 Å². The zero-order valence-electron chi connectivity index (χ0n) is 20.1. The van der Waals surface area contributed by atoms with Gasteiger partial charge in [-0.3, -0.25) is 0 Å². The van der Waals surface area contributed by atoms with E-state index in [9.17, 15) is 19.8 Å². The summed E-state index contributed by atoms with van der Waals surface area (Å²) in [6.45, 7) is 3.31. The van der Waals surface area contributed by atoms with Crippen LogP contribution in [0.3, 0.4) is 0 Å². The summed E-state index contributed by atoms with van der Waals surface area (Å²) < 4.78 is 29.0. The molecule has 2 aliphatic heterocycles. The van der Waals surface area contributed by atoms with E-state index in [-0.39, 0.29) is 0 Å². The Bertz CT molecular complexity index is 1060. The SMILES string of the molecule is C[C@H]1O[C@@H](O[C@@H]2[C@@H](Br)[C@H](O)O[C@H](C)[C@H]2OC(=O)c2ccccc2)[C@H](Br)[C@@H](O)[C@@H]1OC(=O)c1ccccc1. The van der Waals surface area contributed by atoms with E-state index in [1.165, 1.54) is 0 Å². The van der Waals surface area contributed by atoms with Gasteiger partial charge in [-0.1, -0.05) is 68.3 Å². The largest absolute Gasteiger partial charge is 0.453 e. The number of carbonyl (C=O) groups is 2. The van der Waals surface area contributed by atoms with E-state index in [0.717, 1.165) is 0 Å². The summed E-state index contributed by atoms with van der Waals surface area (Å²) in [4.78, 5) is 23.7. The van der Waals surface area contributed by atoms with Crippen LogP contribution in [0.5, 0.6) is 0 Å². The zero-order valence-corrected chi connectivity index (χ0v) is 23.2. The second-order valence-corrected chi connectivity index (χ2v) is 11.0. The lowest BCUT2D eigenvalue weighted by Gasteiger charge is -2.46. The first kappa shape index (κ1) is 28.2. The molecule has 11 heteroatoms. The first-order chi connectivity index (χ1) is 17.7. The van der Waals surface area contributed by atoms with Gasteiger partial charge < -0.3 is 33.9 Å². The molecule has 2 aromatic rings. The average molecular weight is 644 g/mol. The second kappa shape index (κ2) is 12.3. The molecule has 2 N–H and O–H groups in total. The molecule has 0 amide bonds. The maximum atomic E-state index is 12.8. The minimum absolute atomic E-state index is 0.349.